The Morgan fingerprint density at radius 2 is 1.70 bits per heavy atom. The highest BCUT2D eigenvalue weighted by atomic mass is 32.2. The summed E-state index contributed by atoms with van der Waals surface area (Å²) >= 11 is 0. The van der Waals surface area contributed by atoms with Crippen LogP contribution in [0.4, 0.5) is 13.2 Å². The van der Waals surface area contributed by atoms with E-state index in [9.17, 15) is 26.4 Å². The van der Waals surface area contributed by atoms with Crippen LogP contribution in [-0.4, -0.2) is 30.7 Å². The molecule has 2 fully saturated rings. The van der Waals surface area contributed by atoms with E-state index in [2.05, 4.69) is 5.32 Å². The molecule has 1 N–H and O–H groups in total. The molecule has 30 heavy (non-hydrogen) atoms. The molecule has 0 bridgehead atoms. The summed E-state index contributed by atoms with van der Waals surface area (Å²) in [5.74, 6) is -0.167. The number of carbonyl (C=O) groups excluding carboxylic acids is 1. The van der Waals surface area contributed by atoms with Gasteiger partial charge in [-0.2, -0.15) is 17.5 Å². The lowest BCUT2D eigenvalue weighted by molar-refractivity contribution is -0.137. The lowest BCUT2D eigenvalue weighted by Crippen LogP contribution is -2.33. The van der Waals surface area contributed by atoms with Crippen LogP contribution in [0.2, 0.25) is 0 Å². The molecule has 0 saturated heterocycles. The number of carbonyl (C=O) groups is 1. The normalized spacial score (nSPS) is 17.2. The third-order valence-electron chi connectivity index (χ3n) is 5.19. The van der Waals surface area contributed by atoms with Crippen LogP contribution in [0.5, 0.6) is 0 Å². The smallest absolute Gasteiger partial charge is 0.349 e. The minimum Gasteiger partial charge on any atom is -0.349 e. The highest BCUT2D eigenvalue weighted by Gasteiger charge is 2.39. The largest absolute Gasteiger partial charge is 0.416 e. The van der Waals surface area contributed by atoms with Gasteiger partial charge < -0.3 is 5.32 Å². The van der Waals surface area contributed by atoms with Gasteiger partial charge in [0.1, 0.15) is 0 Å². The van der Waals surface area contributed by atoms with Crippen molar-refractivity contribution in [3.05, 3.63) is 65.2 Å². The molecule has 0 radical (unpaired) electrons. The van der Waals surface area contributed by atoms with Gasteiger partial charge >= 0.3 is 6.18 Å². The predicted molar refractivity (Wildman–Crippen MR) is 104 cm³/mol. The molecule has 0 aromatic heterocycles. The number of benzene rings is 2. The first-order valence-corrected chi connectivity index (χ1v) is 11.2. The minimum absolute atomic E-state index is 0.0355. The van der Waals surface area contributed by atoms with Crippen molar-refractivity contribution >= 4 is 15.9 Å². The summed E-state index contributed by atoms with van der Waals surface area (Å²) in [6, 6.07) is 10.4. The quantitative estimate of drug-likeness (QED) is 0.712. The van der Waals surface area contributed by atoms with Crippen molar-refractivity contribution in [3.8, 4) is 0 Å². The zero-order valence-electron chi connectivity index (χ0n) is 16.0. The maximum Gasteiger partial charge on any atom is 0.416 e. The van der Waals surface area contributed by atoms with Gasteiger partial charge in [0.15, 0.2) is 0 Å². The van der Waals surface area contributed by atoms with E-state index in [1.165, 1.54) is 10.4 Å². The fourth-order valence-electron chi connectivity index (χ4n) is 3.18. The summed E-state index contributed by atoms with van der Waals surface area (Å²) < 4.78 is 66.5. The van der Waals surface area contributed by atoms with Gasteiger partial charge in [-0.25, -0.2) is 8.42 Å². The Morgan fingerprint density at radius 1 is 1.03 bits per heavy atom. The van der Waals surface area contributed by atoms with Crippen LogP contribution in [0.1, 0.15) is 47.2 Å². The van der Waals surface area contributed by atoms with Gasteiger partial charge in [-0.15, -0.1) is 0 Å². The number of rotatable bonds is 7. The summed E-state index contributed by atoms with van der Waals surface area (Å²) in [5, 5.41) is 2.88. The van der Waals surface area contributed by atoms with Crippen molar-refractivity contribution in [2.24, 2.45) is 0 Å². The molecule has 5 nitrogen and oxygen atoms in total. The summed E-state index contributed by atoms with van der Waals surface area (Å²) in [7, 11) is -4.10. The molecule has 2 aromatic carbocycles. The second-order valence-corrected chi connectivity index (χ2v) is 9.64. The Hall–Kier alpha value is -2.39. The molecule has 2 saturated carbocycles. The van der Waals surface area contributed by atoms with Crippen molar-refractivity contribution < 1.29 is 26.4 Å². The van der Waals surface area contributed by atoms with E-state index >= 15 is 0 Å². The molecule has 2 aromatic rings. The molecule has 0 atom stereocenters. The topological polar surface area (TPSA) is 66.5 Å². The van der Waals surface area contributed by atoms with Crippen LogP contribution < -0.4 is 5.32 Å². The summed E-state index contributed by atoms with van der Waals surface area (Å²) in [6.45, 7) is 0.0355. The highest BCUT2D eigenvalue weighted by Crippen LogP contribution is 2.36. The van der Waals surface area contributed by atoms with Crippen LogP contribution in [-0.2, 0) is 22.7 Å². The Balaban J connectivity index is 1.54. The zero-order valence-corrected chi connectivity index (χ0v) is 16.8. The molecular formula is C21H21F3N2O3S. The molecule has 1 amide bonds. The fourth-order valence-corrected chi connectivity index (χ4v) is 4.90. The monoisotopic (exact) mass is 438 g/mol. The number of sulfonamides is 1. The van der Waals surface area contributed by atoms with Crippen LogP contribution in [0.15, 0.2) is 53.4 Å². The number of hydrogen-bond donors (Lipinski definition) is 1. The van der Waals surface area contributed by atoms with Gasteiger partial charge in [0.05, 0.1) is 10.5 Å². The molecule has 9 heteroatoms. The van der Waals surface area contributed by atoms with E-state index in [0.29, 0.717) is 30.0 Å². The SMILES string of the molecule is O=C(NC1CC1)c1ccc(CN(C2CC2)S(=O)(=O)c2cccc(C(F)(F)F)c2)cc1. The van der Waals surface area contributed by atoms with Gasteiger partial charge in [-0.05, 0) is 61.6 Å². The molecular weight excluding hydrogens is 417 g/mol. The van der Waals surface area contributed by atoms with Crippen LogP contribution >= 0.6 is 0 Å². The standard InChI is InChI=1S/C21H21F3N2O3S/c22-21(23,24)16-2-1-3-19(12-16)30(28,29)26(18-10-11-18)13-14-4-6-15(7-5-14)20(27)25-17-8-9-17/h1-7,12,17-18H,8-11,13H2,(H,25,27). The van der Waals surface area contributed by atoms with Crippen molar-refractivity contribution in [2.45, 2.75) is 55.4 Å². The Labute approximate surface area is 172 Å². The number of amides is 1. The van der Waals surface area contributed by atoms with Crippen molar-refractivity contribution in [3.63, 3.8) is 0 Å². The van der Waals surface area contributed by atoms with Crippen LogP contribution in [0.3, 0.4) is 0 Å². The van der Waals surface area contributed by atoms with Crippen molar-refractivity contribution in [2.75, 3.05) is 0 Å². The fraction of sp³-hybridized carbons (Fsp3) is 0.381. The Bertz CT molecular complexity index is 1040. The third kappa shape index (κ3) is 4.67. The maximum atomic E-state index is 13.1. The van der Waals surface area contributed by atoms with E-state index in [4.69, 9.17) is 0 Å². The second-order valence-electron chi connectivity index (χ2n) is 7.75. The Kier molecular flexibility index (Phi) is 5.36. The highest BCUT2D eigenvalue weighted by molar-refractivity contribution is 7.89. The Morgan fingerprint density at radius 3 is 2.27 bits per heavy atom. The summed E-state index contributed by atoms with van der Waals surface area (Å²) in [6.07, 6.45) is -1.33. The maximum absolute atomic E-state index is 13.1. The number of halogens is 3. The predicted octanol–water partition coefficient (Wildman–Crippen LogP) is 3.95. The van der Waals surface area contributed by atoms with Crippen LogP contribution in [0, 0.1) is 0 Å². The molecule has 4 rings (SSSR count). The first-order chi connectivity index (χ1) is 14.1. The summed E-state index contributed by atoms with van der Waals surface area (Å²) in [5.41, 5.74) is 0.162. The average molecular weight is 438 g/mol. The van der Waals surface area contributed by atoms with E-state index in [-0.39, 0.29) is 29.4 Å². The average Bonchev–Trinajstić information content (AvgIpc) is 3.61. The minimum atomic E-state index is -4.62. The molecule has 0 aliphatic heterocycles. The van der Waals surface area contributed by atoms with Gasteiger partial charge in [-0.3, -0.25) is 4.79 Å². The van der Waals surface area contributed by atoms with Gasteiger partial charge in [-0.1, -0.05) is 18.2 Å². The molecule has 0 heterocycles. The number of nitrogens with one attached hydrogen (secondary N) is 1. The number of hydrogen-bond acceptors (Lipinski definition) is 3. The van der Waals surface area contributed by atoms with Crippen LogP contribution in [0.25, 0.3) is 0 Å². The first-order valence-electron chi connectivity index (χ1n) is 9.73. The molecule has 2 aliphatic rings. The lowest BCUT2D eigenvalue weighted by Gasteiger charge is -2.22. The summed E-state index contributed by atoms with van der Waals surface area (Å²) in [4.78, 5) is 11.7. The number of alkyl halides is 3. The molecule has 0 spiro atoms. The first kappa shape index (κ1) is 20.9. The molecule has 160 valence electrons. The van der Waals surface area contributed by atoms with Gasteiger partial charge in [0.25, 0.3) is 5.91 Å². The van der Waals surface area contributed by atoms with E-state index in [0.717, 1.165) is 25.0 Å². The van der Waals surface area contributed by atoms with Gasteiger partial charge in [0.2, 0.25) is 10.0 Å². The van der Waals surface area contributed by atoms with E-state index in [1.807, 2.05) is 0 Å². The molecule has 2 aliphatic carbocycles. The van der Waals surface area contributed by atoms with E-state index in [1.54, 1.807) is 24.3 Å². The van der Waals surface area contributed by atoms with Gasteiger partial charge in [0, 0.05) is 24.2 Å². The lowest BCUT2D eigenvalue weighted by atomic mass is 10.1. The van der Waals surface area contributed by atoms with E-state index < -0.39 is 21.8 Å². The third-order valence-corrected chi connectivity index (χ3v) is 7.08. The zero-order chi connectivity index (χ0) is 21.5. The number of nitrogens with zero attached hydrogens (tertiary/aromatic N) is 1. The van der Waals surface area contributed by atoms with Crippen molar-refractivity contribution in [1.29, 1.82) is 0 Å². The second kappa shape index (κ2) is 7.70. The molecule has 0 unspecified atom stereocenters. The van der Waals surface area contributed by atoms with Crippen molar-refractivity contribution in [1.82, 2.24) is 9.62 Å².